The van der Waals surface area contributed by atoms with Crippen molar-refractivity contribution in [3.63, 3.8) is 0 Å². The minimum atomic E-state index is -0.773. The highest BCUT2D eigenvalue weighted by Gasteiger charge is 2.25. The lowest BCUT2D eigenvalue weighted by molar-refractivity contribution is -0.137. The number of carboxylic acid groups (broad SMARTS) is 1. The van der Waals surface area contributed by atoms with Crippen LogP contribution in [0, 0.1) is 5.41 Å². The van der Waals surface area contributed by atoms with Crippen LogP contribution in [0.3, 0.4) is 0 Å². The minimum Gasteiger partial charge on any atom is -0.481 e. The molecule has 0 atom stereocenters. The molecule has 138 valence electrons. The summed E-state index contributed by atoms with van der Waals surface area (Å²) >= 11 is 0. The third kappa shape index (κ3) is 6.77. The largest absolute Gasteiger partial charge is 0.481 e. The maximum atomic E-state index is 12.3. The number of likely N-dealkylation sites (tertiary alicyclic amines) is 1. The van der Waals surface area contributed by atoms with Gasteiger partial charge in [0.15, 0.2) is 0 Å². The van der Waals surface area contributed by atoms with Crippen LogP contribution in [0.2, 0.25) is 0 Å². The van der Waals surface area contributed by atoms with E-state index in [0.717, 1.165) is 37.2 Å². The van der Waals surface area contributed by atoms with E-state index in [1.165, 1.54) is 0 Å². The van der Waals surface area contributed by atoms with Crippen LogP contribution in [-0.4, -0.2) is 41.0 Å². The molecule has 0 aromatic heterocycles. The molecule has 2 N–H and O–H groups in total. The average Bonchev–Trinajstić information content (AvgIpc) is 2.52. The lowest BCUT2D eigenvalue weighted by atomic mass is 9.91. The maximum Gasteiger partial charge on any atom is 0.303 e. The van der Waals surface area contributed by atoms with E-state index in [2.05, 4.69) is 26.1 Å². The number of nitrogens with one attached hydrogen (secondary N) is 1. The number of carbonyl (C=O) groups is 2. The fraction of sp³-hybridized carbons (Fsp3) is 0.600. The van der Waals surface area contributed by atoms with Crippen molar-refractivity contribution >= 4 is 17.6 Å². The Labute approximate surface area is 150 Å². The van der Waals surface area contributed by atoms with Gasteiger partial charge in [-0.3, -0.25) is 9.59 Å². The predicted molar refractivity (Wildman–Crippen MR) is 99.7 cm³/mol. The number of carboxylic acids is 1. The first-order valence-corrected chi connectivity index (χ1v) is 9.08. The smallest absolute Gasteiger partial charge is 0.303 e. The first kappa shape index (κ1) is 19.3. The molecule has 0 bridgehead atoms. The molecule has 1 saturated heterocycles. The van der Waals surface area contributed by atoms with E-state index >= 15 is 0 Å². The van der Waals surface area contributed by atoms with Gasteiger partial charge < -0.3 is 15.3 Å². The number of hydrogen-bond donors (Lipinski definition) is 2. The molecule has 1 aromatic carbocycles. The number of benzene rings is 1. The second kappa shape index (κ2) is 8.37. The molecular formula is C20H30N2O3. The monoisotopic (exact) mass is 346 g/mol. The van der Waals surface area contributed by atoms with Crippen molar-refractivity contribution in [3.05, 3.63) is 29.8 Å². The SMILES string of the molecule is CC(C)(C)CC(=O)N1CCC(Nc2cccc(CCC(=O)O)c2)CC1. The Hall–Kier alpha value is -2.04. The highest BCUT2D eigenvalue weighted by molar-refractivity contribution is 5.77. The van der Waals surface area contributed by atoms with Gasteiger partial charge >= 0.3 is 5.97 Å². The van der Waals surface area contributed by atoms with Crippen molar-refractivity contribution in [2.75, 3.05) is 18.4 Å². The van der Waals surface area contributed by atoms with Crippen LogP contribution in [0.25, 0.3) is 0 Å². The van der Waals surface area contributed by atoms with Gasteiger partial charge in [-0.25, -0.2) is 0 Å². The van der Waals surface area contributed by atoms with Gasteiger partial charge in [0, 0.05) is 37.7 Å². The van der Waals surface area contributed by atoms with Gasteiger partial charge in [0.25, 0.3) is 0 Å². The number of nitrogens with zero attached hydrogens (tertiary/aromatic N) is 1. The van der Waals surface area contributed by atoms with Gasteiger partial charge in [0.1, 0.15) is 0 Å². The van der Waals surface area contributed by atoms with Crippen LogP contribution in [-0.2, 0) is 16.0 Å². The van der Waals surface area contributed by atoms with Crippen molar-refractivity contribution in [2.24, 2.45) is 5.41 Å². The first-order valence-electron chi connectivity index (χ1n) is 9.08. The van der Waals surface area contributed by atoms with E-state index in [0.29, 0.717) is 18.9 Å². The highest BCUT2D eigenvalue weighted by Crippen LogP contribution is 2.23. The number of anilines is 1. The second-order valence-electron chi connectivity index (χ2n) is 8.13. The van der Waals surface area contributed by atoms with Crippen molar-refractivity contribution in [1.29, 1.82) is 0 Å². The number of aryl methyl sites for hydroxylation is 1. The number of aliphatic carboxylic acids is 1. The van der Waals surface area contributed by atoms with Gasteiger partial charge in [-0.05, 0) is 42.4 Å². The molecule has 0 radical (unpaired) electrons. The van der Waals surface area contributed by atoms with Crippen molar-refractivity contribution in [2.45, 2.75) is 58.9 Å². The molecular weight excluding hydrogens is 316 g/mol. The molecule has 5 heteroatoms. The van der Waals surface area contributed by atoms with Gasteiger partial charge in [0.05, 0.1) is 0 Å². The first-order chi connectivity index (χ1) is 11.7. The lowest BCUT2D eigenvalue weighted by Gasteiger charge is -2.34. The van der Waals surface area contributed by atoms with Crippen molar-refractivity contribution in [3.8, 4) is 0 Å². The zero-order valence-electron chi connectivity index (χ0n) is 15.5. The molecule has 1 aliphatic rings. The molecule has 1 aromatic rings. The van der Waals surface area contributed by atoms with E-state index in [1.807, 2.05) is 29.2 Å². The molecule has 1 fully saturated rings. The summed E-state index contributed by atoms with van der Waals surface area (Å²) < 4.78 is 0. The number of hydrogen-bond acceptors (Lipinski definition) is 3. The Kier molecular flexibility index (Phi) is 6.45. The topological polar surface area (TPSA) is 69.6 Å². The quantitative estimate of drug-likeness (QED) is 0.826. The predicted octanol–water partition coefficient (Wildman–Crippen LogP) is 3.54. The molecule has 25 heavy (non-hydrogen) atoms. The molecule has 2 rings (SSSR count). The Morgan fingerprint density at radius 3 is 2.52 bits per heavy atom. The van der Waals surface area contributed by atoms with Crippen molar-refractivity contribution < 1.29 is 14.7 Å². The van der Waals surface area contributed by atoms with Crippen LogP contribution < -0.4 is 5.32 Å². The zero-order chi connectivity index (χ0) is 18.4. The number of carbonyl (C=O) groups excluding carboxylic acids is 1. The molecule has 1 amide bonds. The Balaban J connectivity index is 1.83. The van der Waals surface area contributed by atoms with Crippen LogP contribution in [0.15, 0.2) is 24.3 Å². The molecule has 0 aliphatic carbocycles. The van der Waals surface area contributed by atoms with Gasteiger partial charge in [-0.2, -0.15) is 0 Å². The maximum absolute atomic E-state index is 12.3. The molecule has 1 aliphatic heterocycles. The van der Waals surface area contributed by atoms with Crippen molar-refractivity contribution in [1.82, 2.24) is 4.90 Å². The Bertz CT molecular complexity index is 599. The zero-order valence-corrected chi connectivity index (χ0v) is 15.5. The standard InChI is InChI=1S/C20H30N2O3/c1-20(2,3)14-18(23)22-11-9-16(10-12-22)21-17-6-4-5-15(13-17)7-8-19(24)25/h4-6,13,16,21H,7-12,14H2,1-3H3,(H,24,25). The third-order valence-electron chi connectivity index (χ3n) is 4.45. The Morgan fingerprint density at radius 1 is 1.24 bits per heavy atom. The summed E-state index contributed by atoms with van der Waals surface area (Å²) in [7, 11) is 0. The summed E-state index contributed by atoms with van der Waals surface area (Å²) in [5.74, 6) is -0.521. The number of rotatable bonds is 6. The van der Waals surface area contributed by atoms with Crippen LogP contribution in [0.4, 0.5) is 5.69 Å². The average molecular weight is 346 g/mol. The Morgan fingerprint density at radius 2 is 1.92 bits per heavy atom. The summed E-state index contributed by atoms with van der Waals surface area (Å²) in [5, 5.41) is 12.3. The summed E-state index contributed by atoms with van der Waals surface area (Å²) in [6.07, 6.45) is 3.17. The summed E-state index contributed by atoms with van der Waals surface area (Å²) in [4.78, 5) is 25.0. The lowest BCUT2D eigenvalue weighted by Crippen LogP contribution is -2.43. The highest BCUT2D eigenvalue weighted by atomic mass is 16.4. The van der Waals surface area contributed by atoms with Gasteiger partial charge in [0.2, 0.25) is 5.91 Å². The van der Waals surface area contributed by atoms with Crippen LogP contribution in [0.5, 0.6) is 0 Å². The summed E-state index contributed by atoms with van der Waals surface area (Å²) in [6.45, 7) is 7.88. The van der Waals surface area contributed by atoms with E-state index in [4.69, 9.17) is 5.11 Å². The summed E-state index contributed by atoms with van der Waals surface area (Å²) in [6, 6.07) is 8.32. The van der Waals surface area contributed by atoms with Gasteiger partial charge in [-0.15, -0.1) is 0 Å². The molecule has 1 heterocycles. The third-order valence-corrected chi connectivity index (χ3v) is 4.45. The number of piperidine rings is 1. The van der Waals surface area contributed by atoms with Crippen LogP contribution >= 0.6 is 0 Å². The normalized spacial score (nSPS) is 15.9. The van der Waals surface area contributed by atoms with Crippen LogP contribution in [0.1, 0.15) is 52.0 Å². The van der Waals surface area contributed by atoms with E-state index in [9.17, 15) is 9.59 Å². The molecule has 0 unspecified atom stereocenters. The molecule has 0 saturated carbocycles. The molecule has 0 spiro atoms. The van der Waals surface area contributed by atoms with Gasteiger partial charge in [-0.1, -0.05) is 32.9 Å². The minimum absolute atomic E-state index is 0.0303. The van der Waals surface area contributed by atoms with E-state index in [-0.39, 0.29) is 17.7 Å². The number of amides is 1. The van der Waals surface area contributed by atoms with E-state index in [1.54, 1.807) is 0 Å². The molecule has 5 nitrogen and oxygen atoms in total. The fourth-order valence-electron chi connectivity index (χ4n) is 3.14. The van der Waals surface area contributed by atoms with E-state index < -0.39 is 5.97 Å². The summed E-state index contributed by atoms with van der Waals surface area (Å²) in [5.41, 5.74) is 2.09. The fourth-order valence-corrected chi connectivity index (χ4v) is 3.14. The second-order valence-corrected chi connectivity index (χ2v) is 8.13.